The van der Waals surface area contributed by atoms with Gasteiger partial charge in [-0.2, -0.15) is 0 Å². The maximum absolute atomic E-state index is 13.4. The van der Waals surface area contributed by atoms with Crippen molar-refractivity contribution < 1.29 is 14.0 Å². The molecule has 2 amide bonds. The molecule has 3 aromatic rings. The average Bonchev–Trinajstić information content (AvgIpc) is 3.29. The number of hydrogen-bond donors (Lipinski definition) is 1. The third-order valence-corrected chi connectivity index (χ3v) is 7.17. The van der Waals surface area contributed by atoms with Gasteiger partial charge in [-0.15, -0.1) is 11.3 Å². The maximum atomic E-state index is 13.4. The summed E-state index contributed by atoms with van der Waals surface area (Å²) in [7, 11) is 0. The first kappa shape index (κ1) is 23.1. The van der Waals surface area contributed by atoms with Gasteiger partial charge in [-0.05, 0) is 85.9 Å². The van der Waals surface area contributed by atoms with E-state index in [0.29, 0.717) is 23.0 Å². The Labute approximate surface area is 201 Å². The van der Waals surface area contributed by atoms with Crippen molar-refractivity contribution in [2.24, 2.45) is 0 Å². The summed E-state index contributed by atoms with van der Waals surface area (Å²) < 4.78 is 13.2. The van der Waals surface area contributed by atoms with E-state index in [4.69, 9.17) is 12.2 Å². The molecule has 1 atom stereocenters. The van der Waals surface area contributed by atoms with Gasteiger partial charge in [0.25, 0.3) is 5.91 Å². The quantitative estimate of drug-likeness (QED) is 0.479. The van der Waals surface area contributed by atoms with Crippen molar-refractivity contribution in [2.75, 3.05) is 16.8 Å². The highest BCUT2D eigenvalue weighted by Crippen LogP contribution is 2.29. The molecule has 8 heteroatoms. The molecule has 1 aromatic heterocycles. The average molecular weight is 482 g/mol. The molecule has 0 aliphatic carbocycles. The van der Waals surface area contributed by atoms with Gasteiger partial charge in [0.1, 0.15) is 11.9 Å². The van der Waals surface area contributed by atoms with Gasteiger partial charge < -0.3 is 10.2 Å². The second kappa shape index (κ2) is 9.80. The number of carbonyl (C=O) groups excluding carboxylic acids is 2. The molecule has 0 bridgehead atoms. The van der Waals surface area contributed by atoms with Crippen LogP contribution in [0.15, 0.2) is 60.0 Å². The SMILES string of the molecule is Cc1ccc(N2C(=O)C(CC(=O)Nc3ccc(F)cc3)N(CCc3sccc3C)C2=S)cc1. The van der Waals surface area contributed by atoms with Crippen LogP contribution in [0.4, 0.5) is 15.8 Å². The second-order valence-corrected chi connectivity index (χ2v) is 9.40. The van der Waals surface area contributed by atoms with E-state index >= 15 is 0 Å². The van der Waals surface area contributed by atoms with Crippen molar-refractivity contribution in [2.45, 2.75) is 32.7 Å². The van der Waals surface area contributed by atoms with Gasteiger partial charge in [0, 0.05) is 17.1 Å². The molecule has 2 heterocycles. The molecule has 1 aliphatic heterocycles. The number of anilines is 2. The molecule has 1 N–H and O–H groups in total. The second-order valence-electron chi connectivity index (χ2n) is 8.04. The normalized spacial score (nSPS) is 15.9. The highest BCUT2D eigenvalue weighted by molar-refractivity contribution is 7.80. The zero-order valence-electron chi connectivity index (χ0n) is 18.4. The molecule has 5 nitrogen and oxygen atoms in total. The zero-order valence-corrected chi connectivity index (χ0v) is 20.0. The van der Waals surface area contributed by atoms with E-state index in [0.717, 1.165) is 12.0 Å². The number of hydrogen-bond acceptors (Lipinski definition) is 4. The molecule has 1 unspecified atom stereocenters. The summed E-state index contributed by atoms with van der Waals surface area (Å²) in [5.41, 5.74) is 3.45. The van der Waals surface area contributed by atoms with Crippen molar-refractivity contribution in [1.29, 1.82) is 0 Å². The predicted molar refractivity (Wildman–Crippen MR) is 134 cm³/mol. The lowest BCUT2D eigenvalue weighted by Gasteiger charge is -2.24. The number of nitrogens with zero attached hydrogens (tertiary/aromatic N) is 2. The van der Waals surface area contributed by atoms with E-state index in [1.54, 1.807) is 11.3 Å². The zero-order chi connectivity index (χ0) is 23.5. The number of halogens is 1. The third kappa shape index (κ3) is 5.12. The lowest BCUT2D eigenvalue weighted by molar-refractivity contribution is -0.124. The summed E-state index contributed by atoms with van der Waals surface area (Å²) in [5.74, 6) is -0.931. The highest BCUT2D eigenvalue weighted by atomic mass is 32.1. The van der Waals surface area contributed by atoms with Gasteiger partial charge >= 0.3 is 0 Å². The van der Waals surface area contributed by atoms with Crippen LogP contribution in [0.1, 0.15) is 22.4 Å². The van der Waals surface area contributed by atoms with Gasteiger partial charge in [-0.1, -0.05) is 17.7 Å². The highest BCUT2D eigenvalue weighted by Gasteiger charge is 2.43. The molecule has 170 valence electrons. The fraction of sp³-hybridized carbons (Fsp3) is 0.240. The number of thiocarbonyl (C=S) groups is 1. The molecule has 0 radical (unpaired) electrons. The van der Waals surface area contributed by atoms with Crippen molar-refractivity contribution in [3.63, 3.8) is 0 Å². The minimum absolute atomic E-state index is 0.0534. The molecule has 1 aliphatic rings. The minimum Gasteiger partial charge on any atom is -0.336 e. The lowest BCUT2D eigenvalue weighted by atomic mass is 10.1. The van der Waals surface area contributed by atoms with Crippen molar-refractivity contribution in [3.8, 4) is 0 Å². The van der Waals surface area contributed by atoms with Crippen LogP contribution in [-0.4, -0.2) is 34.4 Å². The van der Waals surface area contributed by atoms with Crippen LogP contribution in [-0.2, 0) is 16.0 Å². The number of carbonyl (C=O) groups is 2. The molecule has 33 heavy (non-hydrogen) atoms. The Morgan fingerprint density at radius 2 is 1.79 bits per heavy atom. The van der Waals surface area contributed by atoms with Crippen LogP contribution in [0.25, 0.3) is 0 Å². The molecule has 1 fully saturated rings. The molecule has 0 spiro atoms. The Hall–Kier alpha value is -3.10. The first-order valence-electron chi connectivity index (χ1n) is 10.6. The van der Waals surface area contributed by atoms with Crippen LogP contribution >= 0.6 is 23.6 Å². The summed E-state index contributed by atoms with van der Waals surface area (Å²) in [6.45, 7) is 4.57. The standard InChI is InChI=1S/C25H24FN3O2S2/c1-16-3-9-20(10-4-16)29-24(31)21(15-23(30)27-19-7-5-18(26)6-8-19)28(25(29)32)13-11-22-17(2)12-14-33-22/h3-10,12,14,21H,11,13,15H2,1-2H3,(H,27,30). The topological polar surface area (TPSA) is 52.7 Å². The van der Waals surface area contributed by atoms with Crippen molar-refractivity contribution >= 4 is 51.9 Å². The molecule has 1 saturated heterocycles. The number of amides is 2. The van der Waals surface area contributed by atoms with Gasteiger partial charge in [-0.3, -0.25) is 14.5 Å². The van der Waals surface area contributed by atoms with E-state index in [1.807, 2.05) is 41.5 Å². The summed E-state index contributed by atoms with van der Waals surface area (Å²) in [6, 6.07) is 14.5. The van der Waals surface area contributed by atoms with Crippen LogP contribution in [0.2, 0.25) is 0 Å². The first-order valence-corrected chi connectivity index (χ1v) is 11.9. The number of aryl methyl sites for hydroxylation is 2. The van der Waals surface area contributed by atoms with Gasteiger partial charge in [-0.25, -0.2) is 4.39 Å². The molecular formula is C25H24FN3O2S2. The Kier molecular flexibility index (Phi) is 6.85. The van der Waals surface area contributed by atoms with E-state index in [1.165, 1.54) is 39.6 Å². The van der Waals surface area contributed by atoms with Gasteiger partial charge in [0.05, 0.1) is 12.1 Å². The fourth-order valence-electron chi connectivity index (χ4n) is 3.82. The predicted octanol–water partition coefficient (Wildman–Crippen LogP) is 5.08. The van der Waals surface area contributed by atoms with Crippen LogP contribution in [0.3, 0.4) is 0 Å². The van der Waals surface area contributed by atoms with Crippen LogP contribution < -0.4 is 10.2 Å². The Bertz CT molecular complexity index is 1180. The number of rotatable bonds is 7. The van der Waals surface area contributed by atoms with E-state index in [9.17, 15) is 14.0 Å². The van der Waals surface area contributed by atoms with E-state index in [-0.39, 0.29) is 24.1 Å². The number of thiophene rings is 1. The van der Waals surface area contributed by atoms with Crippen molar-refractivity contribution in [1.82, 2.24) is 4.90 Å². The minimum atomic E-state index is -0.709. The number of benzene rings is 2. The molecule has 0 saturated carbocycles. The largest absolute Gasteiger partial charge is 0.336 e. The van der Waals surface area contributed by atoms with Gasteiger partial charge in [0.15, 0.2) is 5.11 Å². The summed E-state index contributed by atoms with van der Waals surface area (Å²) in [6.07, 6.45) is 0.677. The van der Waals surface area contributed by atoms with E-state index < -0.39 is 6.04 Å². The summed E-state index contributed by atoms with van der Waals surface area (Å²) >= 11 is 7.39. The third-order valence-electron chi connectivity index (χ3n) is 5.67. The summed E-state index contributed by atoms with van der Waals surface area (Å²) in [4.78, 5) is 30.8. The molecular weight excluding hydrogens is 457 g/mol. The Balaban J connectivity index is 1.55. The smallest absolute Gasteiger partial charge is 0.256 e. The Morgan fingerprint density at radius 1 is 1.09 bits per heavy atom. The molecule has 2 aromatic carbocycles. The fourth-order valence-corrected chi connectivity index (χ4v) is 5.14. The van der Waals surface area contributed by atoms with Crippen molar-refractivity contribution in [3.05, 3.63) is 81.8 Å². The van der Waals surface area contributed by atoms with Crippen LogP contribution in [0, 0.1) is 19.7 Å². The molecule has 4 rings (SSSR count). The first-order chi connectivity index (χ1) is 15.8. The van der Waals surface area contributed by atoms with Gasteiger partial charge in [0.2, 0.25) is 5.91 Å². The monoisotopic (exact) mass is 481 g/mol. The summed E-state index contributed by atoms with van der Waals surface area (Å²) in [5, 5.41) is 5.20. The maximum Gasteiger partial charge on any atom is 0.256 e. The van der Waals surface area contributed by atoms with Crippen LogP contribution in [0.5, 0.6) is 0 Å². The van der Waals surface area contributed by atoms with E-state index in [2.05, 4.69) is 18.3 Å². The number of nitrogens with one attached hydrogen (secondary N) is 1. The Morgan fingerprint density at radius 3 is 2.42 bits per heavy atom. The lowest BCUT2D eigenvalue weighted by Crippen LogP contribution is -2.39.